The minimum atomic E-state index is -2.21. The number of ether oxygens (including phenoxy) is 1. The molecule has 0 bridgehead atoms. The van der Waals surface area contributed by atoms with E-state index in [0.29, 0.717) is 0 Å². The van der Waals surface area contributed by atoms with E-state index in [1.54, 1.807) is 0 Å². The van der Waals surface area contributed by atoms with Gasteiger partial charge in [0.2, 0.25) is 5.79 Å². The first-order valence-electron chi connectivity index (χ1n) is 4.33. The van der Waals surface area contributed by atoms with Crippen molar-refractivity contribution in [1.82, 2.24) is 0 Å². The van der Waals surface area contributed by atoms with E-state index in [0.717, 1.165) is 6.92 Å². The third-order valence-corrected chi connectivity index (χ3v) is 2.52. The average Bonchev–Trinajstić information content (AvgIpc) is 2.11. The maximum absolute atomic E-state index is 11.1. The van der Waals surface area contributed by atoms with Gasteiger partial charge in [0.05, 0.1) is 12.1 Å². The molecule has 1 rings (SSSR count). The Morgan fingerprint density at radius 1 is 1.43 bits per heavy atom. The average molecular weight is 205 g/mol. The first-order valence-corrected chi connectivity index (χ1v) is 4.33. The summed E-state index contributed by atoms with van der Waals surface area (Å²) in [5.41, 5.74) is 5.40. The van der Waals surface area contributed by atoms with Gasteiger partial charge in [-0.3, -0.25) is 4.79 Å². The molecule has 6 heteroatoms. The molecule has 1 aliphatic heterocycles. The second-order valence-electron chi connectivity index (χ2n) is 3.58. The summed E-state index contributed by atoms with van der Waals surface area (Å²) in [6.45, 7) is 2.55. The molecular formula is C8H15NO5. The van der Waals surface area contributed by atoms with E-state index < -0.39 is 35.9 Å². The number of carbonyl (C=O) groups is 1. The van der Waals surface area contributed by atoms with Crippen LogP contribution in [-0.4, -0.2) is 51.2 Å². The molecule has 0 aromatic carbocycles. The molecule has 1 saturated heterocycles. The number of ketones is 1. The fourth-order valence-electron chi connectivity index (χ4n) is 1.47. The third-order valence-electron chi connectivity index (χ3n) is 2.52. The molecule has 0 radical (unpaired) electrons. The lowest BCUT2D eigenvalue weighted by Gasteiger charge is -2.44. The minimum Gasteiger partial charge on any atom is -0.388 e. The number of nitrogens with two attached hydrogens (primary N) is 1. The maximum atomic E-state index is 11.1. The van der Waals surface area contributed by atoms with Crippen LogP contribution in [0.4, 0.5) is 0 Å². The Hall–Kier alpha value is -0.530. The van der Waals surface area contributed by atoms with Gasteiger partial charge in [-0.25, -0.2) is 0 Å². The predicted molar refractivity (Wildman–Crippen MR) is 46.2 cm³/mol. The van der Waals surface area contributed by atoms with E-state index in [2.05, 4.69) is 0 Å². The van der Waals surface area contributed by atoms with Crippen molar-refractivity contribution >= 4 is 5.78 Å². The molecule has 0 saturated carbocycles. The van der Waals surface area contributed by atoms with Crippen LogP contribution in [0.5, 0.6) is 0 Å². The normalized spacial score (nSPS) is 49.0. The standard InChI is InChI=1S/C8H15NO5/c1-3-5(11)6(12)7(9)8(13,14-3)4(2)10/h3,5-7,11-13H,9H2,1-2H3/t3-,5-,6+,7+,8?/m1/s1. The second kappa shape index (κ2) is 3.56. The number of Topliss-reactive ketones (excluding diaryl/α,β-unsaturated/α-hetero) is 1. The van der Waals surface area contributed by atoms with Crippen LogP contribution < -0.4 is 5.73 Å². The summed E-state index contributed by atoms with van der Waals surface area (Å²) >= 11 is 0. The van der Waals surface area contributed by atoms with Crippen molar-refractivity contribution in [2.45, 2.75) is 44.0 Å². The van der Waals surface area contributed by atoms with Gasteiger partial charge >= 0.3 is 0 Å². The van der Waals surface area contributed by atoms with Gasteiger partial charge in [0.1, 0.15) is 12.2 Å². The van der Waals surface area contributed by atoms with Crippen LogP contribution in [-0.2, 0) is 9.53 Å². The molecule has 0 aromatic rings. The Bertz CT molecular complexity index is 246. The van der Waals surface area contributed by atoms with Crippen LogP contribution >= 0.6 is 0 Å². The van der Waals surface area contributed by atoms with E-state index in [1.165, 1.54) is 6.92 Å². The minimum absolute atomic E-state index is 0.692. The van der Waals surface area contributed by atoms with E-state index in [1.807, 2.05) is 0 Å². The summed E-state index contributed by atoms with van der Waals surface area (Å²) in [5, 5.41) is 28.5. The van der Waals surface area contributed by atoms with Gasteiger partial charge in [0.15, 0.2) is 5.78 Å². The molecule has 1 fully saturated rings. The van der Waals surface area contributed by atoms with E-state index in [4.69, 9.17) is 10.5 Å². The van der Waals surface area contributed by atoms with Crippen molar-refractivity contribution in [2.24, 2.45) is 5.73 Å². The van der Waals surface area contributed by atoms with Crippen molar-refractivity contribution in [3.8, 4) is 0 Å². The fraction of sp³-hybridized carbons (Fsp3) is 0.875. The van der Waals surface area contributed by atoms with E-state index in [-0.39, 0.29) is 0 Å². The van der Waals surface area contributed by atoms with Gasteiger partial charge in [-0.15, -0.1) is 0 Å². The zero-order valence-electron chi connectivity index (χ0n) is 8.04. The maximum Gasteiger partial charge on any atom is 0.244 e. The van der Waals surface area contributed by atoms with Crippen LogP contribution in [0.3, 0.4) is 0 Å². The summed E-state index contributed by atoms with van der Waals surface area (Å²) in [4.78, 5) is 11.1. The zero-order chi connectivity index (χ0) is 11.1. The van der Waals surface area contributed by atoms with Crippen LogP contribution in [0.25, 0.3) is 0 Å². The molecule has 1 heterocycles. The first kappa shape index (κ1) is 11.5. The lowest BCUT2D eigenvalue weighted by molar-refractivity contribution is -0.288. The lowest BCUT2D eigenvalue weighted by Crippen LogP contribution is -2.69. The monoisotopic (exact) mass is 205 g/mol. The molecule has 0 spiro atoms. The van der Waals surface area contributed by atoms with Crippen molar-refractivity contribution in [3.63, 3.8) is 0 Å². The largest absolute Gasteiger partial charge is 0.388 e. The molecule has 5 N–H and O–H groups in total. The number of hydrogen-bond donors (Lipinski definition) is 4. The topological polar surface area (TPSA) is 113 Å². The number of carbonyl (C=O) groups excluding carboxylic acids is 1. The Morgan fingerprint density at radius 3 is 2.36 bits per heavy atom. The number of aliphatic hydroxyl groups excluding tert-OH is 2. The smallest absolute Gasteiger partial charge is 0.244 e. The van der Waals surface area contributed by atoms with Gasteiger partial charge in [-0.2, -0.15) is 0 Å². The van der Waals surface area contributed by atoms with Gasteiger partial charge in [0, 0.05) is 6.92 Å². The third kappa shape index (κ3) is 1.55. The molecule has 82 valence electrons. The highest BCUT2D eigenvalue weighted by Crippen LogP contribution is 2.27. The van der Waals surface area contributed by atoms with Crippen LogP contribution in [0, 0.1) is 0 Å². The Labute approximate surface area is 81.3 Å². The SMILES string of the molecule is CC(=O)C1(O)O[C@H](C)[C@@H](O)[C@H](O)[C@@H]1N. The van der Waals surface area contributed by atoms with Crippen LogP contribution in [0.1, 0.15) is 13.8 Å². The first-order chi connectivity index (χ1) is 6.30. The highest BCUT2D eigenvalue weighted by atomic mass is 16.6. The van der Waals surface area contributed by atoms with Gasteiger partial charge in [0.25, 0.3) is 0 Å². The molecule has 0 amide bonds. The fourth-order valence-corrected chi connectivity index (χ4v) is 1.47. The van der Waals surface area contributed by atoms with Gasteiger partial charge < -0.3 is 25.8 Å². The van der Waals surface area contributed by atoms with E-state index >= 15 is 0 Å². The molecule has 5 atom stereocenters. The molecule has 1 aliphatic rings. The van der Waals surface area contributed by atoms with Crippen LogP contribution in [0.15, 0.2) is 0 Å². The Balaban J connectivity index is 2.96. The predicted octanol–water partition coefficient (Wildman–Crippen LogP) is -2.27. The molecular weight excluding hydrogens is 190 g/mol. The summed E-state index contributed by atoms with van der Waals surface area (Å²) < 4.78 is 4.90. The highest BCUT2D eigenvalue weighted by Gasteiger charge is 2.53. The molecule has 0 aliphatic carbocycles. The van der Waals surface area contributed by atoms with Gasteiger partial charge in [-0.1, -0.05) is 0 Å². The van der Waals surface area contributed by atoms with Crippen molar-refractivity contribution in [2.75, 3.05) is 0 Å². The number of aliphatic hydroxyl groups is 3. The van der Waals surface area contributed by atoms with Gasteiger partial charge in [-0.05, 0) is 6.92 Å². The molecule has 1 unspecified atom stereocenters. The summed E-state index contributed by atoms with van der Waals surface area (Å²) in [5.74, 6) is -2.90. The van der Waals surface area contributed by atoms with Crippen LogP contribution in [0.2, 0.25) is 0 Å². The van der Waals surface area contributed by atoms with Crippen molar-refractivity contribution < 1.29 is 24.9 Å². The second-order valence-corrected chi connectivity index (χ2v) is 3.58. The molecule has 14 heavy (non-hydrogen) atoms. The summed E-state index contributed by atoms with van der Waals surface area (Å²) in [7, 11) is 0. The highest BCUT2D eigenvalue weighted by molar-refractivity contribution is 5.84. The Morgan fingerprint density at radius 2 is 1.93 bits per heavy atom. The number of rotatable bonds is 1. The summed E-state index contributed by atoms with van der Waals surface area (Å²) in [6.07, 6.45) is -3.43. The number of hydrogen-bond acceptors (Lipinski definition) is 6. The van der Waals surface area contributed by atoms with Crippen molar-refractivity contribution in [3.05, 3.63) is 0 Å². The zero-order valence-corrected chi connectivity index (χ0v) is 8.04. The lowest BCUT2D eigenvalue weighted by atomic mass is 9.89. The summed E-state index contributed by atoms with van der Waals surface area (Å²) in [6, 6.07) is -1.34. The van der Waals surface area contributed by atoms with E-state index in [9.17, 15) is 20.1 Å². The molecule has 0 aromatic heterocycles. The Kier molecular flexibility index (Phi) is 2.93. The quantitative estimate of drug-likeness (QED) is 0.384. The van der Waals surface area contributed by atoms with Crippen molar-refractivity contribution in [1.29, 1.82) is 0 Å². The molecule has 6 nitrogen and oxygen atoms in total.